The molecule has 17 heavy (non-hydrogen) atoms. The third kappa shape index (κ3) is 3.06. The lowest BCUT2D eigenvalue weighted by Gasteiger charge is -2.06. The van der Waals surface area contributed by atoms with E-state index in [1.165, 1.54) is 11.8 Å². The zero-order valence-corrected chi connectivity index (χ0v) is 11.5. The molecule has 0 aliphatic heterocycles. The Hall–Kier alpha value is -0.910. The zero-order valence-electron chi connectivity index (χ0n) is 9.04. The Kier molecular flexibility index (Phi) is 4.15. The van der Waals surface area contributed by atoms with Gasteiger partial charge in [0.05, 0.1) is 9.77 Å². The average Bonchev–Trinajstić information content (AvgIpc) is 2.81. The number of carboxylic acid groups (broad SMARTS) is 1. The summed E-state index contributed by atoms with van der Waals surface area (Å²) in [5.41, 5.74) is 0.362. The first-order valence-corrected chi connectivity index (χ1v) is 7.75. The number of thioether (sulfide) groups is 1. The molecule has 0 unspecified atom stereocenters. The second kappa shape index (κ2) is 5.62. The van der Waals surface area contributed by atoms with Gasteiger partial charge in [-0.05, 0) is 35.9 Å². The highest BCUT2D eigenvalue weighted by atomic mass is 32.2. The van der Waals surface area contributed by atoms with E-state index < -0.39 is 5.97 Å². The predicted molar refractivity (Wildman–Crippen MR) is 73.6 cm³/mol. The fraction of sp³-hybridized carbons (Fsp3) is 0.0833. The fourth-order valence-corrected chi connectivity index (χ4v) is 3.73. The van der Waals surface area contributed by atoms with Gasteiger partial charge >= 0.3 is 5.97 Å². The number of carboxylic acids is 1. The highest BCUT2D eigenvalue weighted by Gasteiger charge is 2.12. The summed E-state index contributed by atoms with van der Waals surface area (Å²) in [6, 6.07) is 9.40. The minimum Gasteiger partial charge on any atom is -0.478 e. The van der Waals surface area contributed by atoms with Crippen LogP contribution in [-0.4, -0.2) is 17.3 Å². The third-order valence-corrected chi connectivity index (χ3v) is 4.95. The number of hydrogen-bond acceptors (Lipinski definition) is 4. The van der Waals surface area contributed by atoms with Crippen LogP contribution >= 0.6 is 34.9 Å². The van der Waals surface area contributed by atoms with Gasteiger partial charge in [-0.1, -0.05) is 17.8 Å². The highest BCUT2D eigenvalue weighted by molar-refractivity contribution is 8.01. The topological polar surface area (TPSA) is 37.3 Å². The van der Waals surface area contributed by atoms with Crippen LogP contribution in [0.25, 0.3) is 0 Å². The van der Waals surface area contributed by atoms with Crippen LogP contribution in [0.5, 0.6) is 0 Å². The van der Waals surface area contributed by atoms with Crippen molar-refractivity contribution < 1.29 is 9.90 Å². The van der Waals surface area contributed by atoms with E-state index in [-0.39, 0.29) is 0 Å². The van der Waals surface area contributed by atoms with Crippen LogP contribution in [0.1, 0.15) is 10.4 Å². The monoisotopic (exact) mass is 282 g/mol. The van der Waals surface area contributed by atoms with Crippen molar-refractivity contribution in [2.24, 2.45) is 0 Å². The Balaban J connectivity index is 2.38. The summed E-state index contributed by atoms with van der Waals surface area (Å²) in [6.45, 7) is 0. The number of aromatic carboxylic acids is 1. The molecular formula is C12H10O2S3. The summed E-state index contributed by atoms with van der Waals surface area (Å²) in [5.74, 6) is -0.878. The van der Waals surface area contributed by atoms with Gasteiger partial charge in [0, 0.05) is 9.79 Å². The van der Waals surface area contributed by atoms with Crippen molar-refractivity contribution in [3.05, 3.63) is 41.3 Å². The number of thiophene rings is 1. The smallest absolute Gasteiger partial charge is 0.336 e. The lowest BCUT2D eigenvalue weighted by Crippen LogP contribution is -1.98. The van der Waals surface area contributed by atoms with Gasteiger partial charge in [0.15, 0.2) is 0 Å². The maximum atomic E-state index is 11.1. The molecule has 1 aromatic heterocycles. The Morgan fingerprint density at radius 1 is 1.35 bits per heavy atom. The maximum Gasteiger partial charge on any atom is 0.336 e. The molecule has 0 bridgehead atoms. The summed E-state index contributed by atoms with van der Waals surface area (Å²) in [5, 5.41) is 11.1. The van der Waals surface area contributed by atoms with Crippen molar-refractivity contribution in [1.29, 1.82) is 0 Å². The average molecular weight is 282 g/mol. The van der Waals surface area contributed by atoms with Crippen LogP contribution in [0.2, 0.25) is 0 Å². The molecule has 2 aromatic rings. The molecule has 88 valence electrons. The summed E-state index contributed by atoms with van der Waals surface area (Å²) < 4.78 is 1.10. The Bertz CT molecular complexity index is 521. The zero-order chi connectivity index (χ0) is 12.3. The van der Waals surface area contributed by atoms with E-state index in [9.17, 15) is 4.79 Å². The van der Waals surface area contributed by atoms with Crippen molar-refractivity contribution in [1.82, 2.24) is 0 Å². The van der Waals surface area contributed by atoms with Gasteiger partial charge in [0.25, 0.3) is 0 Å². The van der Waals surface area contributed by atoms with Gasteiger partial charge in [0.2, 0.25) is 0 Å². The Labute approximate surface area is 112 Å². The molecule has 2 nitrogen and oxygen atoms in total. The molecule has 0 saturated carbocycles. The molecule has 0 spiro atoms. The molecular weight excluding hydrogens is 272 g/mol. The van der Waals surface area contributed by atoms with E-state index >= 15 is 0 Å². The van der Waals surface area contributed by atoms with E-state index in [0.29, 0.717) is 5.56 Å². The van der Waals surface area contributed by atoms with Crippen molar-refractivity contribution >= 4 is 40.8 Å². The molecule has 0 radical (unpaired) electrons. The fourth-order valence-electron chi connectivity index (χ4n) is 1.32. The predicted octanol–water partition coefficient (Wildman–Crippen LogP) is 4.32. The SMILES string of the molecule is CSc1ccc(C(=O)O)c(Sc2cccs2)c1. The summed E-state index contributed by atoms with van der Waals surface area (Å²) >= 11 is 4.73. The Morgan fingerprint density at radius 3 is 2.76 bits per heavy atom. The first-order valence-electron chi connectivity index (χ1n) is 4.83. The van der Waals surface area contributed by atoms with Gasteiger partial charge in [0.1, 0.15) is 0 Å². The molecule has 0 atom stereocenters. The molecule has 1 aromatic carbocycles. The van der Waals surface area contributed by atoms with Gasteiger partial charge in [-0.15, -0.1) is 23.1 Å². The van der Waals surface area contributed by atoms with Crippen molar-refractivity contribution in [2.45, 2.75) is 14.0 Å². The van der Waals surface area contributed by atoms with Gasteiger partial charge in [-0.25, -0.2) is 4.79 Å². The molecule has 0 amide bonds. The second-order valence-electron chi connectivity index (χ2n) is 3.20. The normalized spacial score (nSPS) is 10.4. The summed E-state index contributed by atoms with van der Waals surface area (Å²) in [6.07, 6.45) is 1.98. The molecule has 0 aliphatic carbocycles. The van der Waals surface area contributed by atoms with E-state index in [0.717, 1.165) is 14.0 Å². The molecule has 0 aliphatic rings. The van der Waals surface area contributed by atoms with Crippen LogP contribution in [-0.2, 0) is 0 Å². The largest absolute Gasteiger partial charge is 0.478 e. The van der Waals surface area contributed by atoms with Gasteiger partial charge in [-0.2, -0.15) is 0 Å². The summed E-state index contributed by atoms with van der Waals surface area (Å²) in [7, 11) is 0. The molecule has 1 heterocycles. The van der Waals surface area contributed by atoms with Crippen molar-refractivity contribution in [3.63, 3.8) is 0 Å². The number of rotatable bonds is 4. The van der Waals surface area contributed by atoms with Crippen LogP contribution in [0.3, 0.4) is 0 Å². The maximum absolute atomic E-state index is 11.1. The first-order chi connectivity index (χ1) is 8.20. The van der Waals surface area contributed by atoms with E-state index in [1.807, 2.05) is 35.9 Å². The van der Waals surface area contributed by atoms with E-state index in [4.69, 9.17) is 5.11 Å². The lowest BCUT2D eigenvalue weighted by atomic mass is 10.2. The van der Waals surface area contributed by atoms with Crippen LogP contribution < -0.4 is 0 Å². The molecule has 0 fully saturated rings. The van der Waals surface area contributed by atoms with Gasteiger partial charge < -0.3 is 5.11 Å². The van der Waals surface area contributed by atoms with Crippen molar-refractivity contribution in [2.75, 3.05) is 6.26 Å². The summed E-state index contributed by atoms with van der Waals surface area (Å²) in [4.78, 5) is 13.0. The molecule has 1 N–H and O–H groups in total. The molecule has 2 rings (SSSR count). The molecule has 0 saturated heterocycles. The second-order valence-corrected chi connectivity index (χ2v) is 6.37. The molecule has 5 heteroatoms. The van der Waals surface area contributed by atoms with Crippen LogP contribution in [0.15, 0.2) is 49.7 Å². The quantitative estimate of drug-likeness (QED) is 0.847. The van der Waals surface area contributed by atoms with Crippen LogP contribution in [0.4, 0.5) is 0 Å². The van der Waals surface area contributed by atoms with Crippen LogP contribution in [0, 0.1) is 0 Å². The standard InChI is InChI=1S/C12H10O2S3/c1-15-8-4-5-9(12(13)14)10(7-8)17-11-3-2-6-16-11/h2-7H,1H3,(H,13,14). The minimum absolute atomic E-state index is 0.362. The lowest BCUT2D eigenvalue weighted by molar-refractivity contribution is 0.0693. The third-order valence-electron chi connectivity index (χ3n) is 2.12. The first kappa shape index (κ1) is 12.5. The van der Waals surface area contributed by atoms with Gasteiger partial charge in [-0.3, -0.25) is 0 Å². The van der Waals surface area contributed by atoms with Crippen molar-refractivity contribution in [3.8, 4) is 0 Å². The van der Waals surface area contributed by atoms with E-state index in [1.54, 1.807) is 29.2 Å². The Morgan fingerprint density at radius 2 is 2.18 bits per heavy atom. The number of carbonyl (C=O) groups is 1. The van der Waals surface area contributed by atoms with E-state index in [2.05, 4.69) is 0 Å². The number of hydrogen-bond donors (Lipinski definition) is 1. The number of benzene rings is 1. The minimum atomic E-state index is -0.878. The highest BCUT2D eigenvalue weighted by Crippen LogP contribution is 2.35.